The summed E-state index contributed by atoms with van der Waals surface area (Å²) >= 11 is 0. The molecule has 1 atom stereocenters. The number of sulfonamides is 1. The Morgan fingerprint density at radius 3 is 2.39 bits per heavy atom. The molecule has 10 heteroatoms. The van der Waals surface area contributed by atoms with Gasteiger partial charge in [-0.05, 0) is 79.1 Å². The van der Waals surface area contributed by atoms with Crippen molar-refractivity contribution in [3.63, 3.8) is 0 Å². The minimum absolute atomic E-state index is 0.0926. The molecule has 4 rings (SSSR count). The number of fused-ring (bicyclic) bond motifs is 1. The average Bonchev–Trinajstić information content (AvgIpc) is 3.15. The van der Waals surface area contributed by atoms with Crippen molar-refractivity contribution in [2.24, 2.45) is 0 Å². The van der Waals surface area contributed by atoms with Gasteiger partial charge in [-0.25, -0.2) is 8.42 Å². The summed E-state index contributed by atoms with van der Waals surface area (Å²) in [5, 5.41) is 2.67. The number of piperidine rings is 1. The number of rotatable bonds is 5. The summed E-state index contributed by atoms with van der Waals surface area (Å²) in [6.07, 6.45) is -0.697. The lowest BCUT2D eigenvalue weighted by Crippen LogP contribution is -2.35. The molecule has 6 nitrogen and oxygen atoms in total. The first-order chi connectivity index (χ1) is 15.5. The first kappa shape index (κ1) is 23.6. The first-order valence-electron chi connectivity index (χ1n) is 10.9. The number of benzene rings is 2. The second-order valence-electron chi connectivity index (χ2n) is 8.47. The van der Waals surface area contributed by atoms with Crippen LogP contribution >= 0.6 is 0 Å². The standard InChI is InChI=1S/C23H25F3N2O4S/c1-15-5-6-16-13-19(33(30,31)28-11-3-2-4-12-28)14-20(21(15)16)22(29)27-17-7-9-18(10-8-17)32-23(24,25)26/h7-10,13-15H,2-6,11-12H2,1H3,(H,27,29). The number of amides is 1. The zero-order valence-corrected chi connectivity index (χ0v) is 18.9. The Morgan fingerprint density at radius 1 is 1.09 bits per heavy atom. The third-order valence-electron chi connectivity index (χ3n) is 6.12. The normalized spacial score (nSPS) is 19.2. The van der Waals surface area contributed by atoms with Crippen molar-refractivity contribution in [1.29, 1.82) is 0 Å². The van der Waals surface area contributed by atoms with Gasteiger partial charge in [-0.1, -0.05) is 13.3 Å². The van der Waals surface area contributed by atoms with Gasteiger partial charge in [0.25, 0.3) is 5.91 Å². The molecule has 1 heterocycles. The minimum atomic E-state index is -4.80. The molecule has 0 saturated carbocycles. The number of aryl methyl sites for hydroxylation is 1. The van der Waals surface area contributed by atoms with E-state index in [9.17, 15) is 26.4 Å². The van der Waals surface area contributed by atoms with Crippen molar-refractivity contribution in [3.8, 4) is 5.75 Å². The Kier molecular flexibility index (Phi) is 6.41. The molecule has 0 aromatic heterocycles. The Labute approximate surface area is 190 Å². The molecular weight excluding hydrogens is 457 g/mol. The highest BCUT2D eigenvalue weighted by Gasteiger charge is 2.32. The van der Waals surface area contributed by atoms with Gasteiger partial charge in [0.1, 0.15) is 5.75 Å². The quantitative estimate of drug-likeness (QED) is 0.646. The van der Waals surface area contributed by atoms with Crippen molar-refractivity contribution in [3.05, 3.63) is 53.1 Å². The Balaban J connectivity index is 1.63. The number of hydrogen-bond donors (Lipinski definition) is 1. The van der Waals surface area contributed by atoms with Gasteiger partial charge in [0.15, 0.2) is 0 Å². The summed E-state index contributed by atoms with van der Waals surface area (Å²) in [4.78, 5) is 13.3. The monoisotopic (exact) mass is 482 g/mol. The maximum absolute atomic E-state index is 13.2. The molecule has 1 unspecified atom stereocenters. The largest absolute Gasteiger partial charge is 0.573 e. The van der Waals surface area contributed by atoms with E-state index in [4.69, 9.17) is 0 Å². The van der Waals surface area contributed by atoms with E-state index in [1.54, 1.807) is 6.07 Å². The van der Waals surface area contributed by atoms with Crippen molar-refractivity contribution in [2.75, 3.05) is 18.4 Å². The average molecular weight is 483 g/mol. The fourth-order valence-corrected chi connectivity index (χ4v) is 6.11. The van der Waals surface area contributed by atoms with Crippen LogP contribution in [0.4, 0.5) is 18.9 Å². The van der Waals surface area contributed by atoms with Crippen LogP contribution in [0, 0.1) is 0 Å². The highest BCUT2D eigenvalue weighted by molar-refractivity contribution is 7.89. The number of hydrogen-bond acceptors (Lipinski definition) is 4. The summed E-state index contributed by atoms with van der Waals surface area (Å²) in [5.74, 6) is -0.806. The third kappa shape index (κ3) is 5.16. The molecule has 2 aliphatic rings. The van der Waals surface area contributed by atoms with E-state index in [0.29, 0.717) is 19.5 Å². The smallest absolute Gasteiger partial charge is 0.406 e. The van der Waals surface area contributed by atoms with Crippen LogP contribution in [-0.4, -0.2) is 38.1 Å². The van der Waals surface area contributed by atoms with Crippen LogP contribution in [0.1, 0.15) is 60.0 Å². The number of nitrogens with one attached hydrogen (secondary N) is 1. The lowest BCUT2D eigenvalue weighted by Gasteiger charge is -2.26. The highest BCUT2D eigenvalue weighted by atomic mass is 32.2. The zero-order chi connectivity index (χ0) is 23.8. The molecule has 33 heavy (non-hydrogen) atoms. The fraction of sp³-hybridized carbons (Fsp3) is 0.435. The number of carbonyl (C=O) groups is 1. The van der Waals surface area contributed by atoms with E-state index in [1.807, 2.05) is 6.92 Å². The first-order valence-corrected chi connectivity index (χ1v) is 12.3. The van der Waals surface area contributed by atoms with Gasteiger partial charge in [-0.2, -0.15) is 4.31 Å². The van der Waals surface area contributed by atoms with E-state index in [0.717, 1.165) is 48.9 Å². The molecular formula is C23H25F3N2O4S. The van der Waals surface area contributed by atoms with Crippen LogP contribution in [0.15, 0.2) is 41.3 Å². The molecule has 0 bridgehead atoms. The van der Waals surface area contributed by atoms with E-state index >= 15 is 0 Å². The van der Waals surface area contributed by atoms with Gasteiger partial charge in [0.2, 0.25) is 10.0 Å². The topological polar surface area (TPSA) is 75.7 Å². The van der Waals surface area contributed by atoms with E-state index in [2.05, 4.69) is 10.1 Å². The number of halogens is 3. The molecule has 178 valence electrons. The van der Waals surface area contributed by atoms with E-state index in [1.165, 1.54) is 22.5 Å². The van der Waals surface area contributed by atoms with Crippen LogP contribution in [0.3, 0.4) is 0 Å². The molecule has 1 aliphatic carbocycles. The minimum Gasteiger partial charge on any atom is -0.406 e. The van der Waals surface area contributed by atoms with Gasteiger partial charge in [-0.3, -0.25) is 4.79 Å². The zero-order valence-electron chi connectivity index (χ0n) is 18.1. The lowest BCUT2D eigenvalue weighted by atomic mass is 9.96. The van der Waals surface area contributed by atoms with Gasteiger partial charge in [-0.15, -0.1) is 13.2 Å². The summed E-state index contributed by atoms with van der Waals surface area (Å²) in [5.41, 5.74) is 2.23. The van der Waals surface area contributed by atoms with Gasteiger partial charge < -0.3 is 10.1 Å². The maximum Gasteiger partial charge on any atom is 0.573 e. The number of ether oxygens (including phenoxy) is 1. The maximum atomic E-state index is 13.2. The molecule has 1 aliphatic heterocycles. The molecule has 0 spiro atoms. The van der Waals surface area contributed by atoms with Gasteiger partial charge >= 0.3 is 6.36 Å². The molecule has 0 radical (unpaired) electrons. The summed E-state index contributed by atoms with van der Waals surface area (Å²) < 4.78 is 68.9. The molecule has 1 amide bonds. The molecule has 1 saturated heterocycles. The molecule has 2 aromatic rings. The predicted octanol–water partition coefficient (Wildman–Crippen LogP) is 5.06. The highest BCUT2D eigenvalue weighted by Crippen LogP contribution is 2.38. The fourth-order valence-electron chi connectivity index (χ4n) is 4.52. The number of alkyl halides is 3. The van der Waals surface area contributed by atoms with Crippen molar-refractivity contribution >= 4 is 21.6 Å². The van der Waals surface area contributed by atoms with Crippen LogP contribution < -0.4 is 10.1 Å². The van der Waals surface area contributed by atoms with Crippen LogP contribution in [0.5, 0.6) is 5.75 Å². The summed E-state index contributed by atoms with van der Waals surface area (Å²) in [6.45, 7) is 2.91. The van der Waals surface area contributed by atoms with Crippen molar-refractivity contribution in [2.45, 2.75) is 56.2 Å². The van der Waals surface area contributed by atoms with Crippen LogP contribution in [0.25, 0.3) is 0 Å². The third-order valence-corrected chi connectivity index (χ3v) is 8.00. The Bertz CT molecular complexity index is 1140. The second-order valence-corrected chi connectivity index (χ2v) is 10.4. The molecule has 1 N–H and O–H groups in total. The van der Waals surface area contributed by atoms with E-state index in [-0.39, 0.29) is 22.1 Å². The second kappa shape index (κ2) is 8.98. The van der Waals surface area contributed by atoms with E-state index < -0.39 is 28.0 Å². The molecule has 1 fully saturated rings. The summed E-state index contributed by atoms with van der Waals surface area (Å²) in [7, 11) is -3.72. The van der Waals surface area contributed by atoms with Gasteiger partial charge in [0, 0.05) is 24.3 Å². The predicted molar refractivity (Wildman–Crippen MR) is 117 cm³/mol. The Morgan fingerprint density at radius 2 is 1.76 bits per heavy atom. The number of nitrogens with zero attached hydrogens (tertiary/aromatic N) is 1. The van der Waals surface area contributed by atoms with Crippen LogP contribution in [0.2, 0.25) is 0 Å². The Hall–Kier alpha value is -2.59. The van der Waals surface area contributed by atoms with Gasteiger partial charge in [0.05, 0.1) is 4.90 Å². The SMILES string of the molecule is CC1CCc2cc(S(=O)(=O)N3CCCCC3)cc(C(=O)Nc3ccc(OC(F)(F)F)cc3)c21. The number of anilines is 1. The van der Waals surface area contributed by atoms with Crippen molar-refractivity contribution < 1.29 is 31.1 Å². The molecule has 2 aromatic carbocycles. The number of carbonyl (C=O) groups excluding carboxylic acids is 1. The van der Waals surface area contributed by atoms with Crippen molar-refractivity contribution in [1.82, 2.24) is 4.31 Å². The lowest BCUT2D eigenvalue weighted by molar-refractivity contribution is -0.274. The summed E-state index contributed by atoms with van der Waals surface area (Å²) in [6, 6.07) is 7.93. The van der Waals surface area contributed by atoms with Crippen LogP contribution in [-0.2, 0) is 16.4 Å².